The molecule has 0 aliphatic carbocycles. The average molecular weight is 373 g/mol. The van der Waals surface area contributed by atoms with Gasteiger partial charge < -0.3 is 20.5 Å². The maximum absolute atomic E-state index is 10.5. The Morgan fingerprint density at radius 3 is 2.50 bits per heavy atom. The molecule has 3 aromatic rings. The van der Waals surface area contributed by atoms with Crippen molar-refractivity contribution in [3.63, 3.8) is 0 Å². The number of hydrogen-bond acceptors (Lipinski definition) is 5. The summed E-state index contributed by atoms with van der Waals surface area (Å²) in [7, 11) is 0. The number of nitrogens with two attached hydrogens (primary N) is 1. The van der Waals surface area contributed by atoms with Gasteiger partial charge in [0.1, 0.15) is 0 Å². The van der Waals surface area contributed by atoms with Gasteiger partial charge >= 0.3 is 0 Å². The smallest absolute Gasteiger partial charge is 0.252 e. The molecule has 0 aliphatic rings. The Labute approximate surface area is 157 Å². The fraction of sp³-hybridized carbons (Fsp3) is 0.250. The monoisotopic (exact) mass is 372 g/mol. The van der Waals surface area contributed by atoms with Crippen molar-refractivity contribution in [2.24, 2.45) is 11.7 Å². The van der Waals surface area contributed by atoms with E-state index < -0.39 is 6.10 Å². The van der Waals surface area contributed by atoms with Gasteiger partial charge in [0.2, 0.25) is 0 Å². The van der Waals surface area contributed by atoms with E-state index in [-0.39, 0.29) is 11.8 Å². The van der Waals surface area contributed by atoms with Crippen molar-refractivity contribution in [1.29, 1.82) is 0 Å². The normalized spacial score (nSPS) is 13.5. The molecule has 26 heavy (non-hydrogen) atoms. The third-order valence-corrected chi connectivity index (χ3v) is 4.62. The highest BCUT2D eigenvalue weighted by Gasteiger charge is 2.16. The van der Waals surface area contributed by atoms with Crippen molar-refractivity contribution in [1.82, 2.24) is 5.16 Å². The Morgan fingerprint density at radius 2 is 1.88 bits per heavy atom. The first-order valence-corrected chi connectivity index (χ1v) is 8.81. The molecule has 1 aromatic heterocycles. The number of halogens is 1. The van der Waals surface area contributed by atoms with Crippen LogP contribution in [-0.2, 0) is 6.42 Å². The van der Waals surface area contributed by atoms with Crippen molar-refractivity contribution in [3.05, 3.63) is 70.7 Å². The minimum Gasteiger partial charge on any atom is -0.491 e. The standard InChI is InChI=1S/C20H21ClN2O3/c21-17-3-1-2-16(10-17)18(24)9-14(12-22)8-13-4-6-15(7-5-13)19-11-20(25)23-26-19/h1-7,10-11,14,18,24H,8-9,12,22H2,(H,23,25). The molecule has 0 saturated heterocycles. The van der Waals surface area contributed by atoms with Crippen LogP contribution in [0.1, 0.15) is 23.7 Å². The van der Waals surface area contributed by atoms with Crippen LogP contribution in [0, 0.1) is 5.92 Å². The van der Waals surface area contributed by atoms with E-state index >= 15 is 0 Å². The van der Waals surface area contributed by atoms with E-state index in [0.29, 0.717) is 23.7 Å². The predicted molar refractivity (Wildman–Crippen MR) is 101 cm³/mol. The maximum Gasteiger partial charge on any atom is 0.252 e. The molecule has 0 saturated carbocycles. The van der Waals surface area contributed by atoms with Crippen molar-refractivity contribution in [2.45, 2.75) is 18.9 Å². The lowest BCUT2D eigenvalue weighted by Crippen LogP contribution is -2.19. The summed E-state index contributed by atoms with van der Waals surface area (Å²) in [5.41, 5.74) is 8.67. The Balaban J connectivity index is 1.64. The molecule has 6 heteroatoms. The maximum atomic E-state index is 10.5. The number of aromatic hydroxyl groups is 1. The molecule has 4 N–H and O–H groups in total. The second-order valence-corrected chi connectivity index (χ2v) is 6.80. The van der Waals surface area contributed by atoms with Gasteiger partial charge in [-0.3, -0.25) is 0 Å². The summed E-state index contributed by atoms with van der Waals surface area (Å²) in [6.07, 6.45) is 0.726. The first kappa shape index (κ1) is 18.5. The van der Waals surface area contributed by atoms with Crippen LogP contribution in [0.3, 0.4) is 0 Å². The van der Waals surface area contributed by atoms with Crippen LogP contribution in [0.2, 0.25) is 5.02 Å². The summed E-state index contributed by atoms with van der Waals surface area (Å²) in [5.74, 6) is 0.521. The Bertz CT molecular complexity index is 848. The molecule has 0 aliphatic heterocycles. The zero-order chi connectivity index (χ0) is 18.5. The minimum absolute atomic E-state index is 0.137. The topological polar surface area (TPSA) is 92.5 Å². The number of rotatable bonds is 7. The Morgan fingerprint density at radius 1 is 1.12 bits per heavy atom. The van der Waals surface area contributed by atoms with Gasteiger partial charge in [-0.25, -0.2) is 0 Å². The molecule has 0 spiro atoms. The molecule has 0 amide bonds. The molecular formula is C20H21ClN2O3. The van der Waals surface area contributed by atoms with Gasteiger partial charge in [-0.1, -0.05) is 48.0 Å². The number of aromatic nitrogens is 1. The second kappa shape index (κ2) is 8.36. The molecule has 2 unspecified atom stereocenters. The molecule has 2 atom stereocenters. The summed E-state index contributed by atoms with van der Waals surface area (Å²) in [4.78, 5) is 0. The molecule has 0 bridgehead atoms. The van der Waals surface area contributed by atoms with Crippen LogP contribution in [0.4, 0.5) is 0 Å². The molecule has 0 radical (unpaired) electrons. The van der Waals surface area contributed by atoms with E-state index in [1.807, 2.05) is 36.4 Å². The van der Waals surface area contributed by atoms with Crippen LogP contribution >= 0.6 is 11.6 Å². The quantitative estimate of drug-likeness (QED) is 0.584. The number of aliphatic hydroxyl groups excluding tert-OH is 1. The second-order valence-electron chi connectivity index (χ2n) is 6.36. The lowest BCUT2D eigenvalue weighted by atomic mass is 9.91. The van der Waals surface area contributed by atoms with E-state index in [1.54, 1.807) is 12.1 Å². The predicted octanol–water partition coefficient (Wildman–Crippen LogP) is 3.94. The highest BCUT2D eigenvalue weighted by molar-refractivity contribution is 6.30. The largest absolute Gasteiger partial charge is 0.491 e. The van der Waals surface area contributed by atoms with Crippen LogP contribution in [0.15, 0.2) is 59.1 Å². The van der Waals surface area contributed by atoms with Crippen molar-refractivity contribution in [2.75, 3.05) is 6.54 Å². The van der Waals surface area contributed by atoms with Crippen LogP contribution < -0.4 is 5.73 Å². The summed E-state index contributed by atoms with van der Waals surface area (Å²) >= 11 is 5.99. The van der Waals surface area contributed by atoms with E-state index in [0.717, 1.165) is 23.1 Å². The zero-order valence-corrected chi connectivity index (χ0v) is 14.9. The fourth-order valence-corrected chi connectivity index (χ4v) is 3.17. The van der Waals surface area contributed by atoms with Gasteiger partial charge in [0, 0.05) is 16.7 Å². The van der Waals surface area contributed by atoms with Crippen molar-refractivity contribution >= 4 is 11.6 Å². The van der Waals surface area contributed by atoms with Crippen molar-refractivity contribution in [3.8, 4) is 17.2 Å². The minimum atomic E-state index is -0.598. The van der Waals surface area contributed by atoms with Crippen LogP contribution in [0.5, 0.6) is 5.88 Å². The molecule has 1 heterocycles. The Kier molecular flexibility index (Phi) is 5.93. The number of nitrogens with zero attached hydrogens (tertiary/aromatic N) is 1. The van der Waals surface area contributed by atoms with Crippen molar-refractivity contribution < 1.29 is 14.7 Å². The van der Waals surface area contributed by atoms with Gasteiger partial charge in [-0.2, -0.15) is 0 Å². The molecular weight excluding hydrogens is 352 g/mol. The first-order valence-electron chi connectivity index (χ1n) is 8.43. The van der Waals surface area contributed by atoms with E-state index in [1.165, 1.54) is 6.07 Å². The molecule has 5 nitrogen and oxygen atoms in total. The first-order chi connectivity index (χ1) is 12.5. The van der Waals surface area contributed by atoms with Gasteiger partial charge in [-0.15, -0.1) is 0 Å². The van der Waals surface area contributed by atoms with E-state index in [2.05, 4.69) is 5.16 Å². The van der Waals surface area contributed by atoms with E-state index in [4.69, 9.17) is 21.9 Å². The molecule has 3 rings (SSSR count). The van der Waals surface area contributed by atoms with Crippen LogP contribution in [0.25, 0.3) is 11.3 Å². The van der Waals surface area contributed by atoms with E-state index in [9.17, 15) is 10.2 Å². The number of hydrogen-bond donors (Lipinski definition) is 3. The molecule has 136 valence electrons. The van der Waals surface area contributed by atoms with Gasteiger partial charge in [0.15, 0.2) is 5.76 Å². The highest BCUT2D eigenvalue weighted by Crippen LogP contribution is 2.27. The lowest BCUT2D eigenvalue weighted by Gasteiger charge is -2.19. The number of aliphatic hydroxyl groups is 1. The number of benzene rings is 2. The third kappa shape index (κ3) is 4.64. The van der Waals surface area contributed by atoms with Gasteiger partial charge in [0.05, 0.1) is 6.10 Å². The van der Waals surface area contributed by atoms with Gasteiger partial charge in [0.25, 0.3) is 5.88 Å². The third-order valence-electron chi connectivity index (χ3n) is 4.38. The average Bonchev–Trinajstić information content (AvgIpc) is 3.08. The van der Waals surface area contributed by atoms with Crippen LogP contribution in [-0.4, -0.2) is 21.9 Å². The van der Waals surface area contributed by atoms with Gasteiger partial charge in [-0.05, 0) is 53.7 Å². The Hall–Kier alpha value is -2.34. The SMILES string of the molecule is NCC(Cc1ccc(-c2cc(O)no2)cc1)CC(O)c1cccc(Cl)c1. The fourth-order valence-electron chi connectivity index (χ4n) is 2.97. The summed E-state index contributed by atoms with van der Waals surface area (Å²) < 4.78 is 5.04. The summed E-state index contributed by atoms with van der Waals surface area (Å²) in [6.45, 7) is 0.482. The lowest BCUT2D eigenvalue weighted by molar-refractivity contribution is 0.145. The highest BCUT2D eigenvalue weighted by atomic mass is 35.5. The molecule has 2 aromatic carbocycles. The summed E-state index contributed by atoms with van der Waals surface area (Å²) in [5, 5.41) is 23.8. The summed E-state index contributed by atoms with van der Waals surface area (Å²) in [6, 6.07) is 16.5. The zero-order valence-electron chi connectivity index (χ0n) is 14.2. The molecule has 0 fully saturated rings.